The number of nitrogens with one attached hydrogen (secondary N) is 1. The van der Waals surface area contributed by atoms with E-state index in [0.29, 0.717) is 31.1 Å². The molecule has 1 aromatic heterocycles. The van der Waals surface area contributed by atoms with Crippen molar-refractivity contribution in [1.82, 2.24) is 9.29 Å². The van der Waals surface area contributed by atoms with Crippen LogP contribution in [0.4, 0.5) is 5.13 Å². The maximum absolute atomic E-state index is 12.5. The summed E-state index contributed by atoms with van der Waals surface area (Å²) in [5, 5.41) is 5.24. The Morgan fingerprint density at radius 2 is 2.11 bits per heavy atom. The van der Waals surface area contributed by atoms with Crippen LogP contribution >= 0.6 is 11.3 Å². The van der Waals surface area contributed by atoms with Crippen molar-refractivity contribution in [2.45, 2.75) is 26.2 Å². The van der Waals surface area contributed by atoms with Gasteiger partial charge in [-0.3, -0.25) is 4.79 Å². The maximum Gasteiger partial charge on any atom is 0.230 e. The van der Waals surface area contributed by atoms with Gasteiger partial charge in [0.2, 0.25) is 15.9 Å². The van der Waals surface area contributed by atoms with Gasteiger partial charge in [-0.1, -0.05) is 6.92 Å². The second kappa shape index (κ2) is 9.02. The van der Waals surface area contributed by atoms with Crippen LogP contribution < -0.4 is 10.1 Å². The number of benzene rings is 1. The summed E-state index contributed by atoms with van der Waals surface area (Å²) in [5.74, 6) is 0.283. The smallest absolute Gasteiger partial charge is 0.230 e. The lowest BCUT2D eigenvalue weighted by Gasteiger charge is -2.29. The highest BCUT2D eigenvalue weighted by Gasteiger charge is 2.30. The molecule has 0 saturated carbocycles. The van der Waals surface area contributed by atoms with Crippen LogP contribution in [0.1, 0.15) is 26.2 Å². The van der Waals surface area contributed by atoms with Crippen molar-refractivity contribution in [3.8, 4) is 17.0 Å². The van der Waals surface area contributed by atoms with Gasteiger partial charge in [-0.2, -0.15) is 0 Å². The zero-order chi connectivity index (χ0) is 20.1. The number of hydrogen-bond acceptors (Lipinski definition) is 6. The normalized spacial score (nSPS) is 18.0. The molecule has 0 radical (unpaired) electrons. The fourth-order valence-electron chi connectivity index (χ4n) is 3.07. The molecule has 2 aromatic rings. The minimum Gasteiger partial charge on any atom is -0.494 e. The summed E-state index contributed by atoms with van der Waals surface area (Å²) in [6, 6.07) is 7.70. The fraction of sp³-hybridized carbons (Fsp3) is 0.474. The van der Waals surface area contributed by atoms with Crippen LogP contribution in [0, 0.1) is 5.92 Å². The Morgan fingerprint density at radius 3 is 2.79 bits per heavy atom. The molecule has 0 aliphatic carbocycles. The van der Waals surface area contributed by atoms with E-state index in [2.05, 4.69) is 17.2 Å². The van der Waals surface area contributed by atoms with E-state index < -0.39 is 10.0 Å². The highest BCUT2D eigenvalue weighted by molar-refractivity contribution is 7.88. The molecule has 1 amide bonds. The molecule has 1 aromatic carbocycles. The molecule has 1 fully saturated rings. The molecular weight excluding hydrogens is 398 g/mol. The third-order valence-corrected chi connectivity index (χ3v) is 6.61. The Labute approximate surface area is 169 Å². The molecule has 2 heterocycles. The van der Waals surface area contributed by atoms with Crippen LogP contribution in [0.2, 0.25) is 0 Å². The fourth-order valence-corrected chi connectivity index (χ4v) is 4.70. The topological polar surface area (TPSA) is 88.6 Å². The molecule has 1 atom stereocenters. The predicted octanol–water partition coefficient (Wildman–Crippen LogP) is 3.21. The summed E-state index contributed by atoms with van der Waals surface area (Å²) in [6.07, 6.45) is 3.49. The van der Waals surface area contributed by atoms with E-state index >= 15 is 0 Å². The molecule has 1 N–H and O–H groups in total. The Bertz CT molecular complexity index is 910. The van der Waals surface area contributed by atoms with Crippen LogP contribution in [-0.4, -0.2) is 49.6 Å². The van der Waals surface area contributed by atoms with Crippen molar-refractivity contribution >= 4 is 32.4 Å². The average Bonchev–Trinajstić information content (AvgIpc) is 3.14. The Balaban J connectivity index is 1.62. The standard InChI is InChI=1S/C19H25N3O4S2/c1-3-11-26-16-8-6-14(7-9-16)17-13-27-19(20-17)21-18(23)15-5-4-10-22(12-15)28(2,24)25/h6-9,13,15H,3-5,10-12H2,1-2H3,(H,20,21,23). The van der Waals surface area contributed by atoms with E-state index in [0.717, 1.165) is 23.4 Å². The lowest BCUT2D eigenvalue weighted by molar-refractivity contribution is -0.120. The zero-order valence-electron chi connectivity index (χ0n) is 16.1. The van der Waals surface area contributed by atoms with Gasteiger partial charge in [0.1, 0.15) is 5.75 Å². The van der Waals surface area contributed by atoms with Crippen molar-refractivity contribution in [3.05, 3.63) is 29.6 Å². The number of amides is 1. The van der Waals surface area contributed by atoms with E-state index in [4.69, 9.17) is 4.74 Å². The first-order chi connectivity index (χ1) is 13.4. The van der Waals surface area contributed by atoms with Crippen LogP contribution in [0.3, 0.4) is 0 Å². The van der Waals surface area contributed by atoms with Gasteiger partial charge in [0, 0.05) is 24.0 Å². The largest absolute Gasteiger partial charge is 0.494 e. The summed E-state index contributed by atoms with van der Waals surface area (Å²) in [4.78, 5) is 17.0. The quantitative estimate of drug-likeness (QED) is 0.739. The molecule has 1 aliphatic heterocycles. The lowest BCUT2D eigenvalue weighted by Crippen LogP contribution is -2.43. The maximum atomic E-state index is 12.5. The second-order valence-electron chi connectivity index (χ2n) is 6.86. The molecule has 1 saturated heterocycles. The average molecular weight is 424 g/mol. The highest BCUT2D eigenvalue weighted by atomic mass is 32.2. The number of hydrogen-bond donors (Lipinski definition) is 1. The summed E-state index contributed by atoms with van der Waals surface area (Å²) in [5.41, 5.74) is 1.73. The number of ether oxygens (including phenoxy) is 1. The van der Waals surface area contributed by atoms with Gasteiger partial charge < -0.3 is 10.1 Å². The lowest BCUT2D eigenvalue weighted by atomic mass is 9.99. The molecular formula is C19H25N3O4S2. The van der Waals surface area contributed by atoms with E-state index in [1.54, 1.807) is 0 Å². The molecule has 1 aliphatic rings. The molecule has 7 nitrogen and oxygen atoms in total. The number of thiazole rings is 1. The number of anilines is 1. The van der Waals surface area contributed by atoms with Crippen LogP contribution in [0.15, 0.2) is 29.6 Å². The second-order valence-corrected chi connectivity index (χ2v) is 9.70. The first-order valence-corrected chi connectivity index (χ1v) is 12.0. The number of aromatic nitrogens is 1. The third kappa shape index (κ3) is 5.30. The van der Waals surface area contributed by atoms with Gasteiger partial charge in [0.15, 0.2) is 5.13 Å². The molecule has 3 rings (SSSR count). The molecule has 0 spiro atoms. The zero-order valence-corrected chi connectivity index (χ0v) is 17.7. The minimum atomic E-state index is -3.28. The van der Waals surface area contributed by atoms with Crippen molar-refractivity contribution in [2.24, 2.45) is 5.92 Å². The number of piperidine rings is 1. The first kappa shape index (κ1) is 20.8. The highest BCUT2D eigenvalue weighted by Crippen LogP contribution is 2.27. The van der Waals surface area contributed by atoms with Gasteiger partial charge >= 0.3 is 0 Å². The van der Waals surface area contributed by atoms with Gasteiger partial charge in [-0.15, -0.1) is 11.3 Å². The van der Waals surface area contributed by atoms with Gasteiger partial charge in [0.25, 0.3) is 0 Å². The molecule has 28 heavy (non-hydrogen) atoms. The van der Waals surface area contributed by atoms with E-state index in [-0.39, 0.29) is 18.4 Å². The Morgan fingerprint density at radius 1 is 1.36 bits per heavy atom. The van der Waals surface area contributed by atoms with Crippen LogP contribution in [-0.2, 0) is 14.8 Å². The number of carbonyl (C=O) groups is 1. The summed E-state index contributed by atoms with van der Waals surface area (Å²) >= 11 is 1.35. The molecule has 1 unspecified atom stereocenters. The van der Waals surface area contributed by atoms with Gasteiger partial charge in [-0.05, 0) is 43.5 Å². The van der Waals surface area contributed by atoms with E-state index in [9.17, 15) is 13.2 Å². The van der Waals surface area contributed by atoms with E-state index in [1.807, 2.05) is 29.6 Å². The van der Waals surface area contributed by atoms with Gasteiger partial charge in [0.05, 0.1) is 24.5 Å². The van der Waals surface area contributed by atoms with Crippen molar-refractivity contribution in [2.75, 3.05) is 31.3 Å². The number of nitrogens with zero attached hydrogens (tertiary/aromatic N) is 2. The summed E-state index contributed by atoms with van der Waals surface area (Å²) < 4.78 is 30.4. The SMILES string of the molecule is CCCOc1ccc(-c2csc(NC(=O)C3CCCN(S(C)(=O)=O)C3)n2)cc1. The van der Waals surface area contributed by atoms with Crippen LogP contribution in [0.25, 0.3) is 11.3 Å². The number of sulfonamides is 1. The van der Waals surface area contributed by atoms with Gasteiger partial charge in [-0.25, -0.2) is 17.7 Å². The molecule has 0 bridgehead atoms. The summed E-state index contributed by atoms with van der Waals surface area (Å²) in [7, 11) is -3.28. The third-order valence-electron chi connectivity index (χ3n) is 4.58. The Hall–Kier alpha value is -1.97. The molecule has 9 heteroatoms. The van der Waals surface area contributed by atoms with Crippen LogP contribution in [0.5, 0.6) is 5.75 Å². The van der Waals surface area contributed by atoms with Crippen molar-refractivity contribution in [3.63, 3.8) is 0 Å². The first-order valence-electron chi connectivity index (χ1n) is 9.31. The minimum absolute atomic E-state index is 0.183. The summed E-state index contributed by atoms with van der Waals surface area (Å²) in [6.45, 7) is 3.44. The number of carbonyl (C=O) groups excluding carboxylic acids is 1. The number of rotatable bonds is 7. The van der Waals surface area contributed by atoms with Crippen molar-refractivity contribution < 1.29 is 17.9 Å². The van der Waals surface area contributed by atoms with Crippen molar-refractivity contribution in [1.29, 1.82) is 0 Å². The monoisotopic (exact) mass is 423 g/mol. The predicted molar refractivity (Wildman–Crippen MR) is 111 cm³/mol. The Kier molecular flexibility index (Phi) is 6.69. The van der Waals surface area contributed by atoms with E-state index in [1.165, 1.54) is 21.9 Å². The molecule has 152 valence electrons.